The highest BCUT2D eigenvalue weighted by Gasteiger charge is 2.54. The average molecular weight is 838 g/mol. The van der Waals surface area contributed by atoms with E-state index in [1.807, 2.05) is 18.2 Å². The van der Waals surface area contributed by atoms with Crippen molar-refractivity contribution < 1.29 is 28.3 Å². The molecule has 1 saturated carbocycles. The van der Waals surface area contributed by atoms with E-state index in [9.17, 15) is 19.3 Å². The first-order chi connectivity index (χ1) is 29.0. The number of nitrogens with zero attached hydrogens (tertiary/aromatic N) is 5. The summed E-state index contributed by atoms with van der Waals surface area (Å²) >= 11 is 0.919. The summed E-state index contributed by atoms with van der Waals surface area (Å²) in [6.45, 7) is 11.2. The molecule has 2 saturated heterocycles. The van der Waals surface area contributed by atoms with E-state index >= 15 is 0 Å². The number of hydrogen-bond acceptors (Lipinski definition) is 12. The molecular weight excluding hydrogens is 796 g/mol. The number of hydrogen-bond donors (Lipinski definition) is 3. The number of ether oxygens (including phenoxy) is 3. The lowest BCUT2D eigenvalue weighted by molar-refractivity contribution is -0.384. The number of pyridine rings is 1. The quantitative estimate of drug-likeness (QED) is 0.0485. The van der Waals surface area contributed by atoms with Crippen LogP contribution in [0.4, 0.5) is 21.5 Å². The maximum Gasteiger partial charge on any atom is 0.293 e. The molecule has 3 fully saturated rings. The number of amides is 1. The van der Waals surface area contributed by atoms with Gasteiger partial charge >= 0.3 is 0 Å². The maximum atomic E-state index is 14.5. The lowest BCUT2D eigenvalue weighted by atomic mass is 9.52. The van der Waals surface area contributed by atoms with Gasteiger partial charge in [0.15, 0.2) is 11.5 Å². The van der Waals surface area contributed by atoms with Crippen molar-refractivity contribution in [3.63, 3.8) is 0 Å². The van der Waals surface area contributed by atoms with E-state index in [1.54, 1.807) is 12.1 Å². The first kappa shape index (κ1) is 41.0. The van der Waals surface area contributed by atoms with Gasteiger partial charge in [-0.2, -0.15) is 0 Å². The van der Waals surface area contributed by atoms with E-state index in [2.05, 4.69) is 49.3 Å². The predicted molar refractivity (Wildman–Crippen MR) is 234 cm³/mol. The standard InChI is InChI=1S/C42H42B3FN8O6S/c1-40(2)23-58-37-31(40)11-24(12-36(37)60-42(43,44)45)20-51-7-9-52(10-8-51)26-16-41(17-26)21-53(22-41)25-3-5-29(39(55)50-61-28-4-6-33(47)34(15-28)54(56)57)35(13-25)59-27-14-30-32(46)19-49-38(30)48-18-27/h3-6,11-15,18-19,26H,7-10,16-17,20-23,47H2,1-2H3,(H,48,49)(H,50,55). The number of carbonyl (C=O) groups is 1. The molecule has 4 aliphatic rings. The van der Waals surface area contributed by atoms with Crippen LogP contribution < -0.4 is 29.6 Å². The number of fused-ring (bicyclic) bond motifs is 2. The van der Waals surface area contributed by atoms with Crippen molar-refractivity contribution in [1.29, 1.82) is 0 Å². The largest absolute Gasteiger partial charge is 0.512 e. The maximum absolute atomic E-state index is 14.5. The minimum atomic E-state index is -1.82. The lowest BCUT2D eigenvalue weighted by Gasteiger charge is -2.62. The van der Waals surface area contributed by atoms with Crippen LogP contribution in [0.3, 0.4) is 0 Å². The zero-order valence-corrected chi connectivity index (χ0v) is 34.6. The van der Waals surface area contributed by atoms with E-state index < -0.39 is 21.9 Å². The second-order valence-electron chi connectivity index (χ2n) is 17.3. The fraction of sp³-hybridized carbons (Fsp3) is 0.381. The number of nitrogen functional groups attached to an aromatic ring is 1. The van der Waals surface area contributed by atoms with Crippen LogP contribution in [0.25, 0.3) is 11.0 Å². The van der Waals surface area contributed by atoms with Gasteiger partial charge in [-0.3, -0.25) is 29.4 Å². The van der Waals surface area contributed by atoms with Crippen LogP contribution in [0.1, 0.15) is 48.2 Å². The van der Waals surface area contributed by atoms with Crippen molar-refractivity contribution in [2.24, 2.45) is 5.41 Å². The molecule has 5 aromatic rings. The van der Waals surface area contributed by atoms with E-state index in [1.165, 1.54) is 30.6 Å². The molecule has 1 aliphatic carbocycles. The zero-order chi connectivity index (χ0) is 42.8. The molecule has 5 heterocycles. The third kappa shape index (κ3) is 8.34. The number of benzene rings is 3. The second-order valence-corrected chi connectivity index (χ2v) is 18.2. The number of piperazine rings is 1. The molecule has 1 amide bonds. The van der Waals surface area contributed by atoms with E-state index in [4.69, 9.17) is 43.5 Å². The average Bonchev–Trinajstić information content (AvgIpc) is 3.70. The van der Waals surface area contributed by atoms with Gasteiger partial charge in [0.1, 0.15) is 52.2 Å². The van der Waals surface area contributed by atoms with E-state index in [-0.39, 0.29) is 44.7 Å². The number of aromatic amines is 1. The number of carbonyl (C=O) groups excluding carboxylic acids is 1. The van der Waals surface area contributed by atoms with Crippen LogP contribution in [-0.2, 0) is 12.0 Å². The summed E-state index contributed by atoms with van der Waals surface area (Å²) in [7, 11) is 17.4. The summed E-state index contributed by atoms with van der Waals surface area (Å²) in [5.41, 5.74) is 9.20. The second kappa shape index (κ2) is 15.5. The first-order valence-corrected chi connectivity index (χ1v) is 20.9. The van der Waals surface area contributed by atoms with Gasteiger partial charge in [-0.25, -0.2) is 9.37 Å². The third-order valence-electron chi connectivity index (χ3n) is 12.1. The number of rotatable bonds is 12. The summed E-state index contributed by atoms with van der Waals surface area (Å²) in [4.78, 5) is 39.2. The van der Waals surface area contributed by atoms with Crippen LogP contribution >= 0.6 is 11.9 Å². The number of nitrogens with two attached hydrogens (primary N) is 1. The number of aromatic nitrogens is 2. The van der Waals surface area contributed by atoms with E-state index in [0.29, 0.717) is 34.7 Å². The summed E-state index contributed by atoms with van der Waals surface area (Å²) < 4.78 is 35.2. The van der Waals surface area contributed by atoms with Gasteiger partial charge < -0.3 is 29.8 Å². The minimum Gasteiger partial charge on any atom is -0.512 e. The normalized spacial score (nSPS) is 18.6. The van der Waals surface area contributed by atoms with Gasteiger partial charge in [0.05, 0.1) is 28.7 Å². The molecule has 6 radical (unpaired) electrons. The van der Waals surface area contributed by atoms with Gasteiger partial charge in [-0.1, -0.05) is 13.8 Å². The third-order valence-corrected chi connectivity index (χ3v) is 12.9. The number of halogens is 1. The molecule has 14 nitrogen and oxygen atoms in total. The Hall–Kier alpha value is -5.39. The monoisotopic (exact) mass is 838 g/mol. The molecule has 0 unspecified atom stereocenters. The lowest BCUT2D eigenvalue weighted by Crippen LogP contribution is -2.68. The fourth-order valence-corrected chi connectivity index (χ4v) is 9.59. The van der Waals surface area contributed by atoms with Crippen molar-refractivity contribution in [2.75, 3.05) is 56.5 Å². The van der Waals surface area contributed by atoms with Crippen LogP contribution in [0.5, 0.6) is 23.0 Å². The summed E-state index contributed by atoms with van der Waals surface area (Å²) in [5.74, 6) is 0.670. The molecular formula is C42H42B3FN8O6S. The molecule has 2 aromatic heterocycles. The number of nitrogens with one attached hydrogen (secondary N) is 2. The van der Waals surface area contributed by atoms with Crippen LogP contribution in [0, 0.1) is 21.3 Å². The van der Waals surface area contributed by atoms with Gasteiger partial charge in [-0.15, -0.1) is 0 Å². The van der Waals surface area contributed by atoms with Gasteiger partial charge in [0.25, 0.3) is 11.6 Å². The van der Waals surface area contributed by atoms with E-state index in [0.717, 1.165) is 87.4 Å². The number of nitro groups is 1. The van der Waals surface area contributed by atoms with Crippen molar-refractivity contribution in [2.45, 2.75) is 54.9 Å². The SMILES string of the molecule is [B]C([B])([B])Oc1cc(CN2CCN(C3CC4(C3)CN(c3ccc(C(=O)NSc5ccc(N)c([N+](=O)[O-])c5)c(Oc5cnc6[nH]cc(F)c6c5)c3)C4)CC2)cc2c1OCC2(C)C. The first-order valence-electron chi connectivity index (χ1n) is 20.0. The molecule has 0 atom stereocenters. The number of H-pyrrole nitrogens is 1. The molecule has 3 aromatic carbocycles. The molecule has 9 rings (SSSR count). The topological polar surface area (TPSA) is 164 Å². The highest BCUT2D eigenvalue weighted by atomic mass is 32.2. The predicted octanol–water partition coefficient (Wildman–Crippen LogP) is 5.37. The Morgan fingerprint density at radius 1 is 1.10 bits per heavy atom. The molecule has 19 heteroatoms. The summed E-state index contributed by atoms with van der Waals surface area (Å²) in [5, 5.41) is 9.84. The van der Waals surface area contributed by atoms with Crippen molar-refractivity contribution in [1.82, 2.24) is 24.5 Å². The number of anilines is 2. The van der Waals surface area contributed by atoms with Gasteiger partial charge in [0.2, 0.25) is 0 Å². The van der Waals surface area contributed by atoms with Crippen LogP contribution in [0.15, 0.2) is 71.9 Å². The Morgan fingerprint density at radius 3 is 2.61 bits per heavy atom. The molecule has 308 valence electrons. The Bertz CT molecular complexity index is 2530. The molecule has 4 N–H and O–H groups in total. The number of nitro benzene ring substituents is 1. The molecule has 0 bridgehead atoms. The van der Waals surface area contributed by atoms with Crippen LogP contribution in [0.2, 0.25) is 0 Å². The smallest absolute Gasteiger partial charge is 0.293 e. The molecule has 1 spiro atoms. The minimum absolute atomic E-state index is 0.0231. The van der Waals surface area contributed by atoms with Crippen molar-refractivity contribution in [3.8, 4) is 23.0 Å². The Balaban J connectivity index is 0.828. The fourth-order valence-electron chi connectivity index (χ4n) is 8.97. The van der Waals surface area contributed by atoms with Gasteiger partial charge in [0, 0.05) is 97.2 Å². The van der Waals surface area contributed by atoms with Crippen LogP contribution in [-0.4, -0.2) is 111 Å². The van der Waals surface area contributed by atoms with Crippen molar-refractivity contribution in [3.05, 3.63) is 99.6 Å². The summed E-state index contributed by atoms with van der Waals surface area (Å²) in [6.07, 6.45) is 4.91. The van der Waals surface area contributed by atoms with Gasteiger partial charge in [-0.05, 0) is 78.1 Å². The summed E-state index contributed by atoms with van der Waals surface area (Å²) in [6, 6.07) is 15.9. The van der Waals surface area contributed by atoms with Crippen molar-refractivity contribution >= 4 is 69.5 Å². The zero-order valence-electron chi connectivity index (χ0n) is 33.8. The highest BCUT2D eigenvalue weighted by Crippen LogP contribution is 2.52. The Kier molecular flexibility index (Phi) is 10.4. The molecule has 61 heavy (non-hydrogen) atoms. The highest BCUT2D eigenvalue weighted by molar-refractivity contribution is 7.98. The molecule has 3 aliphatic heterocycles. The Morgan fingerprint density at radius 2 is 1.87 bits per heavy atom. The Labute approximate surface area is 360 Å².